The summed E-state index contributed by atoms with van der Waals surface area (Å²) in [5.74, 6) is -2.37. The highest BCUT2D eigenvalue weighted by Gasteiger charge is 2.54. The summed E-state index contributed by atoms with van der Waals surface area (Å²) in [4.78, 5) is 37.3. The lowest BCUT2D eigenvalue weighted by Crippen LogP contribution is -2.65. The van der Waals surface area contributed by atoms with E-state index in [1.54, 1.807) is 12.1 Å². The van der Waals surface area contributed by atoms with Crippen LogP contribution in [0.3, 0.4) is 0 Å². The number of carbonyl (C=O) groups is 3. The van der Waals surface area contributed by atoms with Crippen LogP contribution in [0, 0.1) is 0 Å². The molecule has 0 saturated carbocycles. The van der Waals surface area contributed by atoms with Gasteiger partial charge in [-0.15, -0.1) is 0 Å². The molecule has 5 N–H and O–H groups in total. The molecule has 0 bridgehead atoms. The summed E-state index contributed by atoms with van der Waals surface area (Å²) in [6, 6.07) is 9.03. The van der Waals surface area contributed by atoms with E-state index in [0.29, 0.717) is 11.1 Å². The molecule has 10 unspecified atom stereocenters. The van der Waals surface area contributed by atoms with E-state index in [9.17, 15) is 39.9 Å². The lowest BCUT2D eigenvalue weighted by molar-refractivity contribution is -0.358. The van der Waals surface area contributed by atoms with Crippen LogP contribution in [0.25, 0.3) is 6.08 Å². The summed E-state index contributed by atoms with van der Waals surface area (Å²) >= 11 is 0. The minimum absolute atomic E-state index is 0.0441. The molecule has 2 heterocycles. The summed E-state index contributed by atoms with van der Waals surface area (Å²) in [7, 11) is 2.76. The summed E-state index contributed by atoms with van der Waals surface area (Å²) in [5.41, 5.74) is 1.17. The minimum atomic E-state index is -1.74. The number of hydrogen-bond acceptors (Lipinski definition) is 17. The number of aliphatic hydroxyl groups is 3. The Morgan fingerprint density at radius 2 is 1.42 bits per heavy atom. The van der Waals surface area contributed by atoms with Gasteiger partial charge in [0.05, 0.1) is 33.5 Å². The van der Waals surface area contributed by atoms with Gasteiger partial charge < -0.3 is 68.2 Å². The number of phenols is 2. The van der Waals surface area contributed by atoms with Gasteiger partial charge in [-0.05, 0) is 54.8 Å². The second kappa shape index (κ2) is 18.3. The van der Waals surface area contributed by atoms with Crippen LogP contribution in [0.15, 0.2) is 42.5 Å². The first kappa shape index (κ1) is 40.3. The average molecular weight is 737 g/mol. The Balaban J connectivity index is 1.62. The highest BCUT2D eigenvalue weighted by atomic mass is 16.8. The number of aromatic hydroxyl groups is 2. The van der Waals surface area contributed by atoms with Gasteiger partial charge in [0.15, 0.2) is 53.9 Å². The van der Waals surface area contributed by atoms with Crippen molar-refractivity contribution in [3.8, 4) is 23.0 Å². The first-order valence-corrected chi connectivity index (χ1v) is 16.3. The first-order valence-electron chi connectivity index (χ1n) is 16.3. The molecule has 2 saturated heterocycles. The molecule has 17 nitrogen and oxygen atoms in total. The third-order valence-corrected chi connectivity index (χ3v) is 8.23. The van der Waals surface area contributed by atoms with Gasteiger partial charge in [0.2, 0.25) is 0 Å². The molecule has 0 aromatic heterocycles. The number of phenolic OH excluding ortho intramolecular Hbond substituents is 2. The Labute approximate surface area is 299 Å². The van der Waals surface area contributed by atoms with Gasteiger partial charge in [0.1, 0.15) is 24.4 Å². The Kier molecular flexibility index (Phi) is 14.2. The topological polar surface area (TPSA) is 235 Å². The lowest BCUT2D eigenvalue weighted by atomic mass is 9.96. The number of methoxy groups -OCH3 is 2. The molecule has 17 heteroatoms. The van der Waals surface area contributed by atoms with Crippen LogP contribution in [0.1, 0.15) is 31.9 Å². The zero-order valence-electron chi connectivity index (χ0n) is 29.1. The van der Waals surface area contributed by atoms with Gasteiger partial charge in [-0.3, -0.25) is 9.59 Å². The monoisotopic (exact) mass is 736 g/mol. The van der Waals surface area contributed by atoms with Crippen molar-refractivity contribution in [3.05, 3.63) is 53.6 Å². The van der Waals surface area contributed by atoms with Gasteiger partial charge in [-0.2, -0.15) is 0 Å². The van der Waals surface area contributed by atoms with E-state index in [0.717, 1.165) is 19.9 Å². The number of ether oxygens (including phenoxy) is 9. The minimum Gasteiger partial charge on any atom is -0.504 e. The quantitative estimate of drug-likeness (QED) is 0.102. The molecule has 2 aromatic rings. The molecule has 2 fully saturated rings. The smallest absolute Gasteiger partial charge is 0.331 e. The predicted molar refractivity (Wildman–Crippen MR) is 176 cm³/mol. The van der Waals surface area contributed by atoms with Gasteiger partial charge in [0.25, 0.3) is 0 Å². The predicted octanol–water partition coefficient (Wildman–Crippen LogP) is 0.732. The summed E-state index contributed by atoms with van der Waals surface area (Å²) < 4.78 is 50.2. The number of hydrogen-bond donors (Lipinski definition) is 5. The number of aliphatic hydroxyl groups excluding tert-OH is 3. The van der Waals surface area contributed by atoms with Crippen molar-refractivity contribution in [1.29, 1.82) is 0 Å². The van der Waals surface area contributed by atoms with Gasteiger partial charge in [0, 0.05) is 19.9 Å². The number of carbonyl (C=O) groups excluding carboxylic acids is 3. The van der Waals surface area contributed by atoms with Gasteiger partial charge in [-0.1, -0.05) is 12.1 Å². The van der Waals surface area contributed by atoms with Gasteiger partial charge >= 0.3 is 17.9 Å². The number of benzene rings is 2. The third kappa shape index (κ3) is 10.1. The Morgan fingerprint density at radius 1 is 0.788 bits per heavy atom. The van der Waals surface area contributed by atoms with Crippen LogP contribution >= 0.6 is 0 Å². The Bertz CT molecular complexity index is 1560. The van der Waals surface area contributed by atoms with E-state index in [1.807, 2.05) is 0 Å². The van der Waals surface area contributed by atoms with Crippen molar-refractivity contribution in [2.45, 2.75) is 88.6 Å². The fourth-order valence-corrected chi connectivity index (χ4v) is 5.68. The lowest BCUT2D eigenvalue weighted by Gasteiger charge is -2.47. The molecular formula is C35H44O17. The second-order valence-electron chi connectivity index (χ2n) is 12.0. The van der Waals surface area contributed by atoms with E-state index in [2.05, 4.69) is 0 Å². The van der Waals surface area contributed by atoms with Crippen molar-refractivity contribution in [2.75, 3.05) is 27.4 Å². The molecule has 2 aromatic carbocycles. The van der Waals surface area contributed by atoms with E-state index < -0.39 is 85.9 Å². The Hall–Kier alpha value is -4.49. The molecule has 0 radical (unpaired) electrons. The molecule has 10 atom stereocenters. The van der Waals surface area contributed by atoms with Crippen molar-refractivity contribution in [2.24, 2.45) is 0 Å². The standard InChI is InChI=1S/C35H44O17/c1-17-28(42)31(48-18(2)37)33(49-19(3)38)35(47-17)52-32-29(43)34(46-13-12-21-7-10-23(40)25(15-21)45-5)50-26(16-36)30(32)51-27(41)11-8-20-6-9-22(39)24(14-20)44-4/h6-11,14-15,17,26,28-36,39-40,42-43H,12-13,16H2,1-5H3. The van der Waals surface area contributed by atoms with Crippen LogP contribution in [-0.4, -0.2) is 132 Å². The summed E-state index contributed by atoms with van der Waals surface area (Å²) in [6.45, 7) is 2.82. The van der Waals surface area contributed by atoms with Crippen LogP contribution in [0.2, 0.25) is 0 Å². The second-order valence-corrected chi connectivity index (χ2v) is 12.0. The zero-order valence-corrected chi connectivity index (χ0v) is 29.1. The van der Waals surface area contributed by atoms with Crippen LogP contribution in [0.5, 0.6) is 23.0 Å². The molecule has 0 amide bonds. The highest BCUT2D eigenvalue weighted by molar-refractivity contribution is 5.87. The van der Waals surface area contributed by atoms with Crippen molar-refractivity contribution < 1.29 is 82.5 Å². The fourth-order valence-electron chi connectivity index (χ4n) is 5.68. The third-order valence-electron chi connectivity index (χ3n) is 8.23. The van der Waals surface area contributed by atoms with Crippen LogP contribution in [-0.2, 0) is 54.0 Å². The maximum absolute atomic E-state index is 13.2. The van der Waals surface area contributed by atoms with E-state index in [4.69, 9.17) is 42.6 Å². The molecule has 0 spiro atoms. The summed E-state index contributed by atoms with van der Waals surface area (Å²) in [5, 5.41) is 52.6. The van der Waals surface area contributed by atoms with E-state index in [-0.39, 0.29) is 36.0 Å². The number of rotatable bonds is 14. The largest absolute Gasteiger partial charge is 0.504 e. The van der Waals surface area contributed by atoms with Crippen molar-refractivity contribution in [1.82, 2.24) is 0 Å². The normalized spacial score (nSPS) is 28.9. The molecule has 2 aliphatic heterocycles. The zero-order chi connectivity index (χ0) is 38.1. The van der Waals surface area contributed by atoms with Crippen molar-refractivity contribution >= 4 is 24.0 Å². The van der Waals surface area contributed by atoms with E-state index in [1.165, 1.54) is 51.5 Å². The SMILES string of the molecule is COc1cc(C=CC(=O)OC2C(CO)OC(OCCc3ccc(O)c(OC)c3)C(O)C2OC2OC(C)C(O)C(OC(C)=O)C2OC(C)=O)ccc1O. The molecule has 52 heavy (non-hydrogen) atoms. The van der Waals surface area contributed by atoms with Gasteiger partial charge in [-0.25, -0.2) is 4.79 Å². The molecular weight excluding hydrogens is 692 g/mol. The molecule has 0 aliphatic carbocycles. The first-order chi connectivity index (χ1) is 24.8. The van der Waals surface area contributed by atoms with E-state index >= 15 is 0 Å². The Morgan fingerprint density at radius 3 is 2.06 bits per heavy atom. The maximum Gasteiger partial charge on any atom is 0.331 e. The average Bonchev–Trinajstić information content (AvgIpc) is 3.10. The van der Waals surface area contributed by atoms with Crippen LogP contribution in [0.4, 0.5) is 0 Å². The molecule has 286 valence electrons. The summed E-state index contributed by atoms with van der Waals surface area (Å²) in [6.07, 6.45) is -12.1. The highest BCUT2D eigenvalue weighted by Crippen LogP contribution is 2.34. The maximum atomic E-state index is 13.2. The molecule has 2 aliphatic rings. The molecule has 4 rings (SSSR count). The van der Waals surface area contributed by atoms with Crippen molar-refractivity contribution in [3.63, 3.8) is 0 Å². The van der Waals surface area contributed by atoms with Crippen LogP contribution < -0.4 is 9.47 Å². The number of esters is 3. The fraction of sp³-hybridized carbons (Fsp3) is 0.514.